The van der Waals surface area contributed by atoms with Crippen LogP contribution >= 0.6 is 0 Å². The Hall–Kier alpha value is -0.870. The highest BCUT2D eigenvalue weighted by Gasteiger charge is 2.15. The summed E-state index contributed by atoms with van der Waals surface area (Å²) in [7, 11) is 3.73. The molecular formula is C14H27N3O. The van der Waals surface area contributed by atoms with Gasteiger partial charge < -0.3 is 10.1 Å². The predicted molar refractivity (Wildman–Crippen MR) is 74.6 cm³/mol. The highest BCUT2D eigenvalue weighted by atomic mass is 16.5. The first-order valence-electron chi connectivity index (χ1n) is 6.70. The third kappa shape index (κ3) is 4.10. The van der Waals surface area contributed by atoms with Crippen LogP contribution in [0.15, 0.2) is 6.20 Å². The Kier molecular flexibility index (Phi) is 5.82. The molecule has 0 fully saturated rings. The molecule has 4 nitrogen and oxygen atoms in total. The molecule has 0 aromatic carbocycles. The van der Waals surface area contributed by atoms with Gasteiger partial charge in [0.1, 0.15) is 0 Å². The molecule has 1 heterocycles. The molecule has 1 aromatic heterocycles. The van der Waals surface area contributed by atoms with E-state index in [-0.39, 0.29) is 0 Å². The van der Waals surface area contributed by atoms with Crippen LogP contribution in [0, 0.1) is 5.92 Å². The van der Waals surface area contributed by atoms with Gasteiger partial charge in [0.05, 0.1) is 12.3 Å². The van der Waals surface area contributed by atoms with E-state index in [1.807, 2.05) is 11.7 Å². The summed E-state index contributed by atoms with van der Waals surface area (Å²) in [5.41, 5.74) is 2.47. The number of methoxy groups -OCH3 is 1. The van der Waals surface area contributed by atoms with Gasteiger partial charge >= 0.3 is 0 Å². The van der Waals surface area contributed by atoms with Gasteiger partial charge in [-0.3, -0.25) is 4.68 Å². The van der Waals surface area contributed by atoms with E-state index in [1.165, 1.54) is 11.3 Å². The second-order valence-electron chi connectivity index (χ2n) is 5.55. The smallest absolute Gasteiger partial charge is 0.0694 e. The molecule has 0 aliphatic heterocycles. The molecule has 1 rings (SSSR count). The number of aromatic nitrogens is 2. The standard InChI is InChI=1S/C14H27N3O/c1-10(2)13(9-18-6)15-7-12-8-17(5)16-14(12)11(3)4/h8,10-11,13,15H,7,9H2,1-6H3. The molecule has 1 aromatic rings. The Morgan fingerprint density at radius 2 is 2.00 bits per heavy atom. The number of nitrogens with one attached hydrogen (secondary N) is 1. The zero-order valence-electron chi connectivity index (χ0n) is 12.5. The van der Waals surface area contributed by atoms with Crippen molar-refractivity contribution in [1.82, 2.24) is 15.1 Å². The van der Waals surface area contributed by atoms with Crippen LogP contribution in [-0.4, -0.2) is 29.5 Å². The fourth-order valence-electron chi connectivity index (χ4n) is 2.08. The molecular weight excluding hydrogens is 226 g/mol. The average Bonchev–Trinajstić information content (AvgIpc) is 2.65. The van der Waals surface area contributed by atoms with Crippen molar-refractivity contribution < 1.29 is 4.74 Å². The Morgan fingerprint density at radius 3 is 2.50 bits per heavy atom. The molecule has 1 unspecified atom stereocenters. The number of ether oxygens (including phenoxy) is 1. The first-order chi connectivity index (χ1) is 8.45. The first kappa shape index (κ1) is 15.2. The maximum absolute atomic E-state index is 5.25. The molecule has 0 spiro atoms. The van der Waals surface area contributed by atoms with Gasteiger partial charge in [-0.15, -0.1) is 0 Å². The SMILES string of the molecule is COCC(NCc1cn(C)nc1C(C)C)C(C)C. The maximum Gasteiger partial charge on any atom is 0.0694 e. The Labute approximate surface area is 111 Å². The minimum atomic E-state index is 0.384. The molecule has 0 aliphatic carbocycles. The van der Waals surface area contributed by atoms with Crippen molar-refractivity contribution in [2.45, 2.75) is 46.2 Å². The summed E-state index contributed by atoms with van der Waals surface area (Å²) in [5, 5.41) is 8.09. The quantitative estimate of drug-likeness (QED) is 0.810. The number of aryl methyl sites for hydroxylation is 1. The zero-order chi connectivity index (χ0) is 13.7. The van der Waals surface area contributed by atoms with Gasteiger partial charge in [0.25, 0.3) is 0 Å². The van der Waals surface area contributed by atoms with Gasteiger partial charge in [-0.1, -0.05) is 27.7 Å². The van der Waals surface area contributed by atoms with Gasteiger partial charge in [-0.05, 0) is 11.8 Å². The molecule has 0 radical (unpaired) electrons. The lowest BCUT2D eigenvalue weighted by molar-refractivity contribution is 0.146. The highest BCUT2D eigenvalue weighted by Crippen LogP contribution is 2.17. The van der Waals surface area contributed by atoms with Gasteiger partial charge in [-0.25, -0.2) is 0 Å². The van der Waals surface area contributed by atoms with Crippen molar-refractivity contribution in [2.75, 3.05) is 13.7 Å². The second-order valence-corrected chi connectivity index (χ2v) is 5.55. The minimum absolute atomic E-state index is 0.384. The molecule has 18 heavy (non-hydrogen) atoms. The monoisotopic (exact) mass is 253 g/mol. The average molecular weight is 253 g/mol. The van der Waals surface area contributed by atoms with E-state index >= 15 is 0 Å². The molecule has 0 saturated carbocycles. The minimum Gasteiger partial charge on any atom is -0.383 e. The molecule has 4 heteroatoms. The van der Waals surface area contributed by atoms with Crippen LogP contribution in [0.2, 0.25) is 0 Å². The van der Waals surface area contributed by atoms with E-state index in [0.717, 1.165) is 13.2 Å². The molecule has 0 amide bonds. The molecule has 1 N–H and O–H groups in total. The number of hydrogen-bond acceptors (Lipinski definition) is 3. The Morgan fingerprint density at radius 1 is 1.33 bits per heavy atom. The van der Waals surface area contributed by atoms with Crippen LogP contribution in [0.25, 0.3) is 0 Å². The van der Waals surface area contributed by atoms with E-state index in [1.54, 1.807) is 7.11 Å². The van der Waals surface area contributed by atoms with E-state index in [4.69, 9.17) is 4.74 Å². The second kappa shape index (κ2) is 6.90. The van der Waals surface area contributed by atoms with Crippen molar-refractivity contribution in [3.05, 3.63) is 17.5 Å². The summed E-state index contributed by atoms with van der Waals surface area (Å²) in [5.74, 6) is 1.02. The van der Waals surface area contributed by atoms with Gasteiger partial charge in [-0.2, -0.15) is 5.10 Å². The van der Waals surface area contributed by atoms with Crippen molar-refractivity contribution in [3.8, 4) is 0 Å². The third-order valence-electron chi connectivity index (χ3n) is 3.19. The highest BCUT2D eigenvalue weighted by molar-refractivity contribution is 5.20. The molecule has 0 aliphatic rings. The number of rotatable bonds is 7. The Bertz CT molecular complexity index is 358. The largest absolute Gasteiger partial charge is 0.383 e. The number of nitrogens with zero attached hydrogens (tertiary/aromatic N) is 2. The van der Waals surface area contributed by atoms with Crippen molar-refractivity contribution in [3.63, 3.8) is 0 Å². The first-order valence-corrected chi connectivity index (χ1v) is 6.70. The van der Waals surface area contributed by atoms with Crippen LogP contribution in [0.4, 0.5) is 0 Å². The summed E-state index contributed by atoms with van der Waals surface area (Å²) in [6, 6.07) is 0.384. The van der Waals surface area contributed by atoms with Crippen molar-refractivity contribution in [2.24, 2.45) is 13.0 Å². The predicted octanol–water partition coefficient (Wildman–Crippen LogP) is 2.30. The van der Waals surface area contributed by atoms with E-state index < -0.39 is 0 Å². The lowest BCUT2D eigenvalue weighted by Gasteiger charge is -2.21. The zero-order valence-corrected chi connectivity index (χ0v) is 12.5. The third-order valence-corrected chi connectivity index (χ3v) is 3.19. The van der Waals surface area contributed by atoms with E-state index in [0.29, 0.717) is 17.9 Å². The summed E-state index contributed by atoms with van der Waals surface area (Å²) in [4.78, 5) is 0. The fourth-order valence-corrected chi connectivity index (χ4v) is 2.08. The molecule has 0 bridgehead atoms. The van der Waals surface area contributed by atoms with Crippen molar-refractivity contribution in [1.29, 1.82) is 0 Å². The lowest BCUT2D eigenvalue weighted by Crippen LogP contribution is -2.37. The summed E-state index contributed by atoms with van der Waals surface area (Å²) in [6.07, 6.45) is 2.10. The van der Waals surface area contributed by atoms with Gasteiger partial charge in [0.15, 0.2) is 0 Å². The maximum atomic E-state index is 5.25. The van der Waals surface area contributed by atoms with Crippen LogP contribution in [0.3, 0.4) is 0 Å². The summed E-state index contributed by atoms with van der Waals surface area (Å²) in [6.45, 7) is 10.4. The van der Waals surface area contributed by atoms with E-state index in [9.17, 15) is 0 Å². The van der Waals surface area contributed by atoms with Crippen molar-refractivity contribution >= 4 is 0 Å². The summed E-state index contributed by atoms with van der Waals surface area (Å²) < 4.78 is 7.15. The Balaban J connectivity index is 2.66. The molecule has 1 atom stereocenters. The summed E-state index contributed by atoms with van der Waals surface area (Å²) >= 11 is 0. The topological polar surface area (TPSA) is 39.1 Å². The van der Waals surface area contributed by atoms with Crippen LogP contribution < -0.4 is 5.32 Å². The van der Waals surface area contributed by atoms with Gasteiger partial charge in [0, 0.05) is 38.5 Å². The molecule has 104 valence electrons. The van der Waals surface area contributed by atoms with E-state index in [2.05, 4.69) is 44.3 Å². The molecule has 0 saturated heterocycles. The fraction of sp³-hybridized carbons (Fsp3) is 0.786. The van der Waals surface area contributed by atoms with Crippen LogP contribution in [-0.2, 0) is 18.3 Å². The van der Waals surface area contributed by atoms with Crippen LogP contribution in [0.5, 0.6) is 0 Å². The van der Waals surface area contributed by atoms with Gasteiger partial charge in [0.2, 0.25) is 0 Å². The van der Waals surface area contributed by atoms with Crippen LogP contribution in [0.1, 0.15) is 44.9 Å². The number of hydrogen-bond donors (Lipinski definition) is 1. The lowest BCUT2D eigenvalue weighted by atomic mass is 10.0. The normalized spacial score (nSPS) is 13.6.